The molecular formula is C22H24N2O3. The first kappa shape index (κ1) is 17.6. The Morgan fingerprint density at radius 1 is 1.11 bits per heavy atom. The molecule has 1 saturated carbocycles. The van der Waals surface area contributed by atoms with Crippen LogP contribution in [0.5, 0.6) is 11.5 Å². The molecule has 5 heteroatoms. The lowest BCUT2D eigenvalue weighted by atomic mass is 9.94. The van der Waals surface area contributed by atoms with Gasteiger partial charge < -0.3 is 9.47 Å². The highest BCUT2D eigenvalue weighted by molar-refractivity contribution is 6.03. The molecule has 1 amide bonds. The molecule has 0 radical (unpaired) electrons. The fraction of sp³-hybridized carbons (Fsp3) is 0.364. The van der Waals surface area contributed by atoms with Crippen LogP contribution in [-0.2, 0) is 4.79 Å². The van der Waals surface area contributed by atoms with Gasteiger partial charge in [0.25, 0.3) is 5.91 Å². The van der Waals surface area contributed by atoms with Crippen LogP contribution in [0.3, 0.4) is 0 Å². The minimum atomic E-state index is -0.0299. The Balaban J connectivity index is 1.58. The quantitative estimate of drug-likeness (QED) is 0.750. The Bertz CT molecular complexity index is 856. The van der Waals surface area contributed by atoms with Gasteiger partial charge in [0.1, 0.15) is 5.82 Å². The first-order valence-corrected chi connectivity index (χ1v) is 9.54. The van der Waals surface area contributed by atoms with Gasteiger partial charge in [0.2, 0.25) is 6.79 Å². The maximum atomic E-state index is 13.1. The molecule has 2 heterocycles. The second-order valence-electron chi connectivity index (χ2n) is 7.14. The lowest BCUT2D eigenvalue weighted by Gasteiger charge is -2.33. The Morgan fingerprint density at radius 3 is 2.74 bits per heavy atom. The summed E-state index contributed by atoms with van der Waals surface area (Å²) >= 11 is 0. The van der Waals surface area contributed by atoms with Crippen LogP contribution in [0.1, 0.15) is 43.2 Å². The number of ether oxygens (including phenoxy) is 2. The van der Waals surface area contributed by atoms with Crippen molar-refractivity contribution >= 4 is 17.8 Å². The number of anilines is 1. The maximum absolute atomic E-state index is 13.1. The average Bonchev–Trinajstić information content (AvgIpc) is 3.15. The number of hydrogen-bond acceptors (Lipinski definition) is 4. The summed E-state index contributed by atoms with van der Waals surface area (Å²) in [7, 11) is 0. The van der Waals surface area contributed by atoms with E-state index in [0.29, 0.717) is 5.75 Å². The third-order valence-electron chi connectivity index (χ3n) is 5.14. The van der Waals surface area contributed by atoms with E-state index in [1.54, 1.807) is 12.3 Å². The molecule has 0 atom stereocenters. The molecule has 0 saturated heterocycles. The van der Waals surface area contributed by atoms with Gasteiger partial charge in [-0.25, -0.2) is 4.98 Å². The van der Waals surface area contributed by atoms with Gasteiger partial charge in [-0.3, -0.25) is 9.69 Å². The van der Waals surface area contributed by atoms with Crippen molar-refractivity contribution in [3.8, 4) is 11.5 Å². The van der Waals surface area contributed by atoms with Gasteiger partial charge in [-0.15, -0.1) is 0 Å². The van der Waals surface area contributed by atoms with Crippen molar-refractivity contribution < 1.29 is 14.3 Å². The molecule has 0 unspecified atom stereocenters. The summed E-state index contributed by atoms with van der Waals surface area (Å²) in [6, 6.07) is 9.83. The molecule has 1 aliphatic carbocycles. The average molecular weight is 364 g/mol. The van der Waals surface area contributed by atoms with Crippen LogP contribution in [0.4, 0.5) is 5.82 Å². The largest absolute Gasteiger partial charge is 0.454 e. The predicted molar refractivity (Wildman–Crippen MR) is 105 cm³/mol. The van der Waals surface area contributed by atoms with E-state index in [0.717, 1.165) is 48.4 Å². The van der Waals surface area contributed by atoms with Crippen LogP contribution >= 0.6 is 0 Å². The number of rotatable bonds is 4. The van der Waals surface area contributed by atoms with Crippen molar-refractivity contribution in [2.75, 3.05) is 11.7 Å². The molecule has 0 N–H and O–H groups in total. The molecule has 27 heavy (non-hydrogen) atoms. The highest BCUT2D eigenvalue weighted by atomic mass is 16.7. The van der Waals surface area contributed by atoms with Gasteiger partial charge in [0, 0.05) is 18.3 Å². The summed E-state index contributed by atoms with van der Waals surface area (Å²) in [4.78, 5) is 19.4. The number of carbonyl (C=O) groups is 1. The van der Waals surface area contributed by atoms with E-state index in [1.807, 2.05) is 48.2 Å². The summed E-state index contributed by atoms with van der Waals surface area (Å²) in [5.41, 5.74) is 2.02. The van der Waals surface area contributed by atoms with Crippen LogP contribution in [-0.4, -0.2) is 23.7 Å². The molecule has 2 aromatic rings. The molecule has 1 aliphatic heterocycles. The molecule has 1 fully saturated rings. The third-order valence-corrected chi connectivity index (χ3v) is 5.14. The van der Waals surface area contributed by atoms with Gasteiger partial charge in [-0.1, -0.05) is 25.3 Å². The zero-order chi connectivity index (χ0) is 18.6. The van der Waals surface area contributed by atoms with Crippen molar-refractivity contribution in [3.05, 3.63) is 53.7 Å². The fourth-order valence-electron chi connectivity index (χ4n) is 3.74. The number of aromatic nitrogens is 1. The van der Waals surface area contributed by atoms with Gasteiger partial charge in [-0.2, -0.15) is 0 Å². The Kier molecular flexibility index (Phi) is 5.10. The lowest BCUT2D eigenvalue weighted by Crippen LogP contribution is -2.41. The fourth-order valence-corrected chi connectivity index (χ4v) is 3.74. The van der Waals surface area contributed by atoms with Crippen molar-refractivity contribution in [2.24, 2.45) is 0 Å². The molecular weight excluding hydrogens is 340 g/mol. The van der Waals surface area contributed by atoms with Crippen molar-refractivity contribution in [1.29, 1.82) is 0 Å². The SMILES string of the molecule is Cc1ccnc(N(C(=O)/C=C/c2ccc3c(c2)OCO3)C2CCCCC2)c1. The van der Waals surface area contributed by atoms with Crippen LogP contribution < -0.4 is 14.4 Å². The van der Waals surface area contributed by atoms with Gasteiger partial charge in [0.05, 0.1) is 0 Å². The summed E-state index contributed by atoms with van der Waals surface area (Å²) in [6.45, 7) is 2.27. The number of carbonyl (C=O) groups excluding carboxylic acids is 1. The normalized spacial score (nSPS) is 16.6. The van der Waals surface area contributed by atoms with Gasteiger partial charge in [-0.05, 0) is 61.2 Å². The minimum absolute atomic E-state index is 0.0299. The first-order valence-electron chi connectivity index (χ1n) is 9.54. The van der Waals surface area contributed by atoms with Gasteiger partial charge in [0.15, 0.2) is 11.5 Å². The highest BCUT2D eigenvalue weighted by Crippen LogP contribution is 2.33. The standard InChI is InChI=1S/C22H24N2O3/c1-16-11-12-23-21(13-16)24(18-5-3-2-4-6-18)22(25)10-8-17-7-9-19-20(14-17)27-15-26-19/h7-14,18H,2-6,15H2,1H3/b10-8+. The molecule has 5 nitrogen and oxygen atoms in total. The van der Waals surface area contributed by atoms with Crippen LogP contribution in [0, 0.1) is 6.92 Å². The number of pyridine rings is 1. The zero-order valence-electron chi connectivity index (χ0n) is 15.6. The number of nitrogens with zero attached hydrogens (tertiary/aromatic N) is 2. The number of aryl methyl sites for hydroxylation is 1. The number of fused-ring (bicyclic) bond motifs is 1. The van der Waals surface area contributed by atoms with Crippen molar-refractivity contribution in [2.45, 2.75) is 45.1 Å². The second kappa shape index (κ2) is 7.82. The van der Waals surface area contributed by atoms with Crippen molar-refractivity contribution in [1.82, 2.24) is 4.98 Å². The molecule has 1 aromatic heterocycles. The maximum Gasteiger partial charge on any atom is 0.252 e. The second-order valence-corrected chi connectivity index (χ2v) is 7.14. The van der Waals surface area contributed by atoms with E-state index < -0.39 is 0 Å². The number of hydrogen-bond donors (Lipinski definition) is 0. The molecule has 140 valence electrons. The lowest BCUT2D eigenvalue weighted by molar-refractivity contribution is -0.114. The monoisotopic (exact) mass is 364 g/mol. The molecule has 0 spiro atoms. The van der Waals surface area contributed by atoms with E-state index in [1.165, 1.54) is 6.42 Å². The van der Waals surface area contributed by atoms with Crippen LogP contribution in [0.15, 0.2) is 42.6 Å². The summed E-state index contributed by atoms with van der Waals surface area (Å²) < 4.78 is 10.7. The van der Waals surface area contributed by atoms with Crippen molar-refractivity contribution in [3.63, 3.8) is 0 Å². The summed E-state index contributed by atoms with van der Waals surface area (Å²) in [5.74, 6) is 2.17. The van der Waals surface area contributed by atoms with E-state index in [9.17, 15) is 4.79 Å². The Labute approximate surface area is 159 Å². The van der Waals surface area contributed by atoms with E-state index in [2.05, 4.69) is 4.98 Å². The predicted octanol–water partition coefficient (Wildman–Crippen LogP) is 4.50. The first-order chi connectivity index (χ1) is 13.2. The molecule has 4 rings (SSSR count). The van der Waals surface area contributed by atoms with E-state index in [4.69, 9.17) is 9.47 Å². The number of amides is 1. The van der Waals surface area contributed by atoms with E-state index in [-0.39, 0.29) is 18.7 Å². The molecule has 0 bridgehead atoms. The summed E-state index contributed by atoms with van der Waals surface area (Å²) in [5, 5.41) is 0. The molecule has 1 aromatic carbocycles. The molecule has 2 aliphatic rings. The van der Waals surface area contributed by atoms with Crippen LogP contribution in [0.2, 0.25) is 0 Å². The topological polar surface area (TPSA) is 51.7 Å². The third kappa shape index (κ3) is 3.97. The number of benzene rings is 1. The Hall–Kier alpha value is -2.82. The zero-order valence-corrected chi connectivity index (χ0v) is 15.6. The van der Waals surface area contributed by atoms with Crippen LogP contribution in [0.25, 0.3) is 6.08 Å². The highest BCUT2D eigenvalue weighted by Gasteiger charge is 2.26. The summed E-state index contributed by atoms with van der Waals surface area (Å²) in [6.07, 6.45) is 10.9. The smallest absolute Gasteiger partial charge is 0.252 e. The van der Waals surface area contributed by atoms with Gasteiger partial charge >= 0.3 is 0 Å². The Morgan fingerprint density at radius 2 is 1.93 bits per heavy atom. The van der Waals surface area contributed by atoms with E-state index >= 15 is 0 Å². The minimum Gasteiger partial charge on any atom is -0.454 e.